The predicted octanol–water partition coefficient (Wildman–Crippen LogP) is 2.27. The van der Waals surface area contributed by atoms with Gasteiger partial charge in [0, 0.05) is 24.4 Å². The fourth-order valence-corrected chi connectivity index (χ4v) is 3.50. The summed E-state index contributed by atoms with van der Waals surface area (Å²) in [6.45, 7) is 1.38. The van der Waals surface area contributed by atoms with Gasteiger partial charge in [-0.15, -0.1) is 0 Å². The van der Waals surface area contributed by atoms with Crippen LogP contribution in [0.2, 0.25) is 0 Å². The largest absolute Gasteiger partial charge is 0.376 e. The molecule has 0 unspecified atom stereocenters. The highest BCUT2D eigenvalue weighted by Crippen LogP contribution is 2.27. The molecule has 0 bridgehead atoms. The monoisotopic (exact) mass is 311 g/mol. The minimum Gasteiger partial charge on any atom is -0.376 e. The molecule has 2 heterocycles. The number of nitrogens with one attached hydrogen (secondary N) is 1. The van der Waals surface area contributed by atoms with Crippen molar-refractivity contribution in [2.24, 2.45) is 0 Å². The molecule has 1 aliphatic heterocycles. The van der Waals surface area contributed by atoms with E-state index in [9.17, 15) is 4.79 Å². The molecule has 4 rings (SSSR count). The first-order valence-corrected chi connectivity index (χ1v) is 8.39. The average molecular weight is 311 g/mol. The molecule has 1 aliphatic carbocycles. The summed E-state index contributed by atoms with van der Waals surface area (Å²) in [5.74, 6) is -0.0756. The molecule has 5 heteroatoms. The maximum Gasteiger partial charge on any atom is 0.272 e. The molecule has 23 heavy (non-hydrogen) atoms. The van der Waals surface area contributed by atoms with Crippen molar-refractivity contribution in [3.8, 4) is 5.69 Å². The van der Waals surface area contributed by atoms with E-state index in [2.05, 4.69) is 10.4 Å². The van der Waals surface area contributed by atoms with Gasteiger partial charge in [-0.05, 0) is 44.2 Å². The maximum absolute atomic E-state index is 12.6. The molecule has 1 saturated heterocycles. The summed E-state index contributed by atoms with van der Waals surface area (Å²) in [6.07, 6.45) is 5.27. The summed E-state index contributed by atoms with van der Waals surface area (Å²) in [5, 5.41) is 7.61. The molecular weight excluding hydrogens is 290 g/mol. The minimum absolute atomic E-state index is 0.0756. The van der Waals surface area contributed by atoms with Crippen molar-refractivity contribution in [2.75, 3.05) is 13.2 Å². The third-order valence-corrected chi connectivity index (χ3v) is 4.66. The lowest BCUT2D eigenvalue weighted by atomic mass is 10.2. The SMILES string of the molecule is O=C(NC[C@@H]1CCCO1)c1nn(-c2ccccc2)c2c1CCC2. The van der Waals surface area contributed by atoms with Crippen molar-refractivity contribution < 1.29 is 9.53 Å². The van der Waals surface area contributed by atoms with Gasteiger partial charge in [-0.1, -0.05) is 18.2 Å². The molecule has 1 atom stereocenters. The van der Waals surface area contributed by atoms with Crippen LogP contribution in [0.1, 0.15) is 41.0 Å². The highest BCUT2D eigenvalue weighted by Gasteiger charge is 2.27. The zero-order valence-electron chi connectivity index (χ0n) is 13.1. The van der Waals surface area contributed by atoms with Crippen LogP contribution in [0, 0.1) is 0 Å². The van der Waals surface area contributed by atoms with E-state index < -0.39 is 0 Å². The Balaban J connectivity index is 1.58. The Kier molecular flexibility index (Phi) is 3.87. The molecule has 1 fully saturated rings. The number of aromatic nitrogens is 2. The van der Waals surface area contributed by atoms with Crippen LogP contribution in [-0.4, -0.2) is 34.9 Å². The first-order valence-electron chi connectivity index (χ1n) is 8.39. The summed E-state index contributed by atoms with van der Waals surface area (Å²) < 4.78 is 7.50. The Hall–Kier alpha value is -2.14. The fraction of sp³-hybridized carbons (Fsp3) is 0.444. The number of benzene rings is 1. The van der Waals surface area contributed by atoms with E-state index in [0.29, 0.717) is 12.2 Å². The number of amides is 1. The highest BCUT2D eigenvalue weighted by molar-refractivity contribution is 5.94. The number of nitrogens with zero attached hydrogens (tertiary/aromatic N) is 2. The molecule has 0 saturated carbocycles. The zero-order chi connectivity index (χ0) is 15.6. The molecule has 0 spiro atoms. The van der Waals surface area contributed by atoms with Crippen molar-refractivity contribution >= 4 is 5.91 Å². The first kappa shape index (κ1) is 14.5. The van der Waals surface area contributed by atoms with Crippen molar-refractivity contribution in [1.29, 1.82) is 0 Å². The molecule has 1 amide bonds. The molecular formula is C18H21N3O2. The lowest BCUT2D eigenvalue weighted by molar-refractivity contribution is 0.0852. The van der Waals surface area contributed by atoms with Crippen LogP contribution in [0.15, 0.2) is 30.3 Å². The predicted molar refractivity (Wildman–Crippen MR) is 86.9 cm³/mol. The van der Waals surface area contributed by atoms with Gasteiger partial charge in [0.1, 0.15) is 0 Å². The molecule has 1 aromatic carbocycles. The summed E-state index contributed by atoms with van der Waals surface area (Å²) >= 11 is 0. The number of hydrogen-bond acceptors (Lipinski definition) is 3. The molecule has 120 valence electrons. The first-order chi connectivity index (χ1) is 11.3. The quantitative estimate of drug-likeness (QED) is 0.942. The van der Waals surface area contributed by atoms with E-state index in [4.69, 9.17) is 4.74 Å². The lowest BCUT2D eigenvalue weighted by Crippen LogP contribution is -2.32. The van der Waals surface area contributed by atoms with Gasteiger partial charge in [-0.25, -0.2) is 4.68 Å². The number of ether oxygens (including phenoxy) is 1. The van der Waals surface area contributed by atoms with Gasteiger partial charge in [0.05, 0.1) is 11.8 Å². The van der Waals surface area contributed by atoms with Gasteiger partial charge in [0.2, 0.25) is 0 Å². The molecule has 2 aliphatic rings. The van der Waals surface area contributed by atoms with E-state index in [-0.39, 0.29) is 12.0 Å². The van der Waals surface area contributed by atoms with Crippen LogP contribution in [0.25, 0.3) is 5.69 Å². The van der Waals surface area contributed by atoms with Crippen LogP contribution in [0.4, 0.5) is 0 Å². The van der Waals surface area contributed by atoms with Crippen LogP contribution in [0.5, 0.6) is 0 Å². The average Bonchev–Trinajstić information content (AvgIpc) is 3.30. The third kappa shape index (κ3) is 2.77. The van der Waals surface area contributed by atoms with E-state index >= 15 is 0 Å². The van der Waals surface area contributed by atoms with Crippen molar-refractivity contribution in [1.82, 2.24) is 15.1 Å². The Morgan fingerprint density at radius 3 is 2.91 bits per heavy atom. The Morgan fingerprint density at radius 1 is 1.26 bits per heavy atom. The number of carbonyl (C=O) groups is 1. The zero-order valence-corrected chi connectivity index (χ0v) is 13.1. The molecule has 2 aromatic rings. The third-order valence-electron chi connectivity index (χ3n) is 4.66. The summed E-state index contributed by atoms with van der Waals surface area (Å²) in [7, 11) is 0. The summed E-state index contributed by atoms with van der Waals surface area (Å²) in [4.78, 5) is 12.6. The van der Waals surface area contributed by atoms with Gasteiger partial charge in [-0.3, -0.25) is 4.79 Å². The minimum atomic E-state index is -0.0756. The number of para-hydroxylation sites is 1. The van der Waals surface area contributed by atoms with Gasteiger partial charge >= 0.3 is 0 Å². The van der Waals surface area contributed by atoms with E-state index in [0.717, 1.165) is 50.0 Å². The summed E-state index contributed by atoms with van der Waals surface area (Å²) in [5.41, 5.74) is 3.89. The molecule has 0 radical (unpaired) electrons. The number of carbonyl (C=O) groups excluding carboxylic acids is 1. The van der Waals surface area contributed by atoms with Gasteiger partial charge < -0.3 is 10.1 Å². The normalized spacial score (nSPS) is 19.7. The van der Waals surface area contributed by atoms with Crippen molar-refractivity contribution in [3.05, 3.63) is 47.3 Å². The van der Waals surface area contributed by atoms with Crippen LogP contribution >= 0.6 is 0 Å². The van der Waals surface area contributed by atoms with E-state index in [1.54, 1.807) is 0 Å². The Bertz CT molecular complexity index is 703. The second-order valence-electron chi connectivity index (χ2n) is 6.22. The van der Waals surface area contributed by atoms with Gasteiger partial charge in [0.25, 0.3) is 5.91 Å². The summed E-state index contributed by atoms with van der Waals surface area (Å²) in [6, 6.07) is 10.0. The highest BCUT2D eigenvalue weighted by atomic mass is 16.5. The standard InChI is InChI=1S/C18H21N3O2/c22-18(19-12-14-8-5-11-23-14)17-15-9-4-10-16(15)21(20-17)13-6-2-1-3-7-13/h1-3,6-7,14H,4-5,8-12H2,(H,19,22)/t14-/m0/s1. The van der Waals surface area contributed by atoms with Gasteiger partial charge in [-0.2, -0.15) is 5.10 Å². The molecule has 5 nitrogen and oxygen atoms in total. The smallest absolute Gasteiger partial charge is 0.272 e. The second-order valence-corrected chi connectivity index (χ2v) is 6.22. The maximum atomic E-state index is 12.6. The number of fused-ring (bicyclic) bond motifs is 1. The topological polar surface area (TPSA) is 56.1 Å². The number of hydrogen-bond donors (Lipinski definition) is 1. The van der Waals surface area contributed by atoms with Gasteiger partial charge in [0.15, 0.2) is 5.69 Å². The second kappa shape index (κ2) is 6.16. The lowest BCUT2D eigenvalue weighted by Gasteiger charge is -2.10. The Morgan fingerprint density at radius 2 is 2.13 bits per heavy atom. The van der Waals surface area contributed by atoms with Crippen molar-refractivity contribution in [2.45, 2.75) is 38.2 Å². The molecule has 1 N–H and O–H groups in total. The van der Waals surface area contributed by atoms with E-state index in [1.165, 1.54) is 5.69 Å². The number of rotatable bonds is 4. The van der Waals surface area contributed by atoms with Crippen LogP contribution < -0.4 is 5.32 Å². The Labute approximate surface area is 135 Å². The van der Waals surface area contributed by atoms with Crippen molar-refractivity contribution in [3.63, 3.8) is 0 Å². The van der Waals surface area contributed by atoms with Crippen LogP contribution in [-0.2, 0) is 17.6 Å². The van der Waals surface area contributed by atoms with E-state index in [1.807, 2.05) is 35.0 Å². The molecule has 1 aromatic heterocycles. The van der Waals surface area contributed by atoms with Crippen LogP contribution in [0.3, 0.4) is 0 Å². The fourth-order valence-electron chi connectivity index (χ4n) is 3.50.